The van der Waals surface area contributed by atoms with E-state index in [2.05, 4.69) is 25.7 Å². The maximum absolute atomic E-state index is 10.9. The first-order chi connectivity index (χ1) is 7.94. The second-order valence-corrected chi connectivity index (χ2v) is 6.11. The van der Waals surface area contributed by atoms with Crippen LogP contribution in [-0.4, -0.2) is 35.1 Å². The highest BCUT2D eigenvalue weighted by Crippen LogP contribution is 2.35. The van der Waals surface area contributed by atoms with Crippen molar-refractivity contribution in [1.29, 1.82) is 0 Å². The lowest BCUT2D eigenvalue weighted by atomic mass is 9.85. The number of aliphatic carboxylic acids is 1. The molecule has 0 amide bonds. The van der Waals surface area contributed by atoms with Crippen molar-refractivity contribution in [3.8, 4) is 0 Å². The summed E-state index contributed by atoms with van der Waals surface area (Å²) in [6, 6.07) is 0.479. The topological polar surface area (TPSA) is 40.5 Å². The van der Waals surface area contributed by atoms with Crippen LogP contribution >= 0.6 is 0 Å². The maximum Gasteiger partial charge on any atom is 0.317 e. The molecule has 1 N–H and O–H groups in total. The van der Waals surface area contributed by atoms with E-state index in [4.69, 9.17) is 5.11 Å². The molecule has 1 saturated carbocycles. The molecule has 0 aromatic carbocycles. The van der Waals surface area contributed by atoms with Crippen LogP contribution in [0.2, 0.25) is 0 Å². The molecular weight excluding hydrogens is 214 g/mol. The summed E-state index contributed by atoms with van der Waals surface area (Å²) in [7, 11) is 0. The van der Waals surface area contributed by atoms with Gasteiger partial charge >= 0.3 is 5.97 Å². The molecule has 3 heteroatoms. The Kier molecular flexibility index (Phi) is 5.44. The molecule has 3 nitrogen and oxygen atoms in total. The van der Waals surface area contributed by atoms with Crippen LogP contribution in [0.4, 0.5) is 0 Å². The van der Waals surface area contributed by atoms with Gasteiger partial charge < -0.3 is 5.11 Å². The standard InChI is InChI=1S/C14H27NO2/c1-4-10-15(11-13(16)17)12-6-5-8-14(2,3)9-7-12/h12H,4-11H2,1-3H3,(H,16,17). The Morgan fingerprint density at radius 3 is 2.65 bits per heavy atom. The van der Waals surface area contributed by atoms with E-state index in [1.807, 2.05) is 0 Å². The summed E-state index contributed by atoms with van der Waals surface area (Å²) in [6.45, 7) is 7.90. The van der Waals surface area contributed by atoms with Crippen LogP contribution < -0.4 is 0 Å². The molecule has 0 bridgehead atoms. The first-order valence-electron chi connectivity index (χ1n) is 6.90. The highest BCUT2D eigenvalue weighted by atomic mass is 16.4. The molecule has 0 saturated heterocycles. The number of carbonyl (C=O) groups is 1. The van der Waals surface area contributed by atoms with Crippen molar-refractivity contribution in [3.63, 3.8) is 0 Å². The van der Waals surface area contributed by atoms with E-state index in [9.17, 15) is 4.79 Å². The smallest absolute Gasteiger partial charge is 0.317 e. The second-order valence-electron chi connectivity index (χ2n) is 6.11. The second kappa shape index (κ2) is 6.39. The molecule has 0 aromatic heterocycles. The van der Waals surface area contributed by atoms with Gasteiger partial charge in [-0.15, -0.1) is 0 Å². The third kappa shape index (κ3) is 5.07. The summed E-state index contributed by atoms with van der Waals surface area (Å²) in [5.41, 5.74) is 0.440. The number of nitrogens with zero attached hydrogens (tertiary/aromatic N) is 1. The van der Waals surface area contributed by atoms with Crippen molar-refractivity contribution < 1.29 is 9.90 Å². The summed E-state index contributed by atoms with van der Waals surface area (Å²) in [6.07, 6.45) is 7.08. The molecular formula is C14H27NO2. The Hall–Kier alpha value is -0.570. The third-order valence-corrected chi connectivity index (χ3v) is 3.91. The summed E-state index contributed by atoms with van der Waals surface area (Å²) >= 11 is 0. The first kappa shape index (κ1) is 14.5. The van der Waals surface area contributed by atoms with Gasteiger partial charge in [0.2, 0.25) is 0 Å². The molecule has 100 valence electrons. The van der Waals surface area contributed by atoms with Crippen LogP contribution in [0.3, 0.4) is 0 Å². The zero-order valence-electron chi connectivity index (χ0n) is 11.5. The van der Waals surface area contributed by atoms with Gasteiger partial charge in [-0.25, -0.2) is 0 Å². The Morgan fingerprint density at radius 2 is 2.06 bits per heavy atom. The first-order valence-corrected chi connectivity index (χ1v) is 6.90. The Morgan fingerprint density at radius 1 is 1.35 bits per heavy atom. The molecule has 17 heavy (non-hydrogen) atoms. The summed E-state index contributed by atoms with van der Waals surface area (Å²) in [5.74, 6) is -0.693. The van der Waals surface area contributed by atoms with Crippen LogP contribution in [-0.2, 0) is 4.79 Å². The molecule has 0 heterocycles. The zero-order chi connectivity index (χ0) is 12.9. The monoisotopic (exact) mass is 241 g/mol. The highest BCUT2D eigenvalue weighted by molar-refractivity contribution is 5.69. The van der Waals surface area contributed by atoms with Crippen LogP contribution in [0.5, 0.6) is 0 Å². The van der Waals surface area contributed by atoms with E-state index in [1.165, 1.54) is 19.3 Å². The summed E-state index contributed by atoms with van der Waals surface area (Å²) < 4.78 is 0. The van der Waals surface area contributed by atoms with E-state index in [0.717, 1.165) is 25.8 Å². The SMILES string of the molecule is CCCN(CC(=O)O)C1CCCC(C)(C)CC1. The minimum atomic E-state index is -0.693. The summed E-state index contributed by atoms with van der Waals surface area (Å²) in [5, 5.41) is 8.97. The van der Waals surface area contributed by atoms with E-state index in [1.54, 1.807) is 0 Å². The van der Waals surface area contributed by atoms with Gasteiger partial charge in [0.15, 0.2) is 0 Å². The van der Waals surface area contributed by atoms with Crippen LogP contribution in [0.1, 0.15) is 59.3 Å². The molecule has 1 fully saturated rings. The number of hydrogen-bond acceptors (Lipinski definition) is 2. The molecule has 0 spiro atoms. The Bertz CT molecular complexity index is 251. The molecule has 0 aliphatic heterocycles. The van der Waals surface area contributed by atoms with Gasteiger partial charge in [0.25, 0.3) is 0 Å². The molecule has 1 atom stereocenters. The maximum atomic E-state index is 10.9. The van der Waals surface area contributed by atoms with Gasteiger partial charge in [-0.05, 0) is 44.1 Å². The lowest BCUT2D eigenvalue weighted by Gasteiger charge is -2.30. The van der Waals surface area contributed by atoms with Gasteiger partial charge in [0.1, 0.15) is 0 Å². The van der Waals surface area contributed by atoms with Crippen molar-refractivity contribution in [2.24, 2.45) is 5.41 Å². The predicted molar refractivity (Wildman–Crippen MR) is 70.2 cm³/mol. The van der Waals surface area contributed by atoms with E-state index >= 15 is 0 Å². The molecule has 0 aromatic rings. The van der Waals surface area contributed by atoms with Crippen molar-refractivity contribution in [3.05, 3.63) is 0 Å². The van der Waals surface area contributed by atoms with E-state index < -0.39 is 5.97 Å². The number of carboxylic acid groups (broad SMARTS) is 1. The van der Waals surface area contributed by atoms with Gasteiger partial charge in [0, 0.05) is 6.04 Å². The molecule has 1 unspecified atom stereocenters. The predicted octanol–water partition coefficient (Wildman–Crippen LogP) is 3.14. The molecule has 1 aliphatic carbocycles. The van der Waals surface area contributed by atoms with Crippen LogP contribution in [0.15, 0.2) is 0 Å². The zero-order valence-corrected chi connectivity index (χ0v) is 11.5. The Balaban J connectivity index is 2.57. The van der Waals surface area contributed by atoms with E-state index in [-0.39, 0.29) is 6.54 Å². The average Bonchev–Trinajstić information content (AvgIpc) is 2.38. The largest absolute Gasteiger partial charge is 0.480 e. The van der Waals surface area contributed by atoms with Gasteiger partial charge in [-0.1, -0.05) is 27.2 Å². The third-order valence-electron chi connectivity index (χ3n) is 3.91. The normalized spacial score (nSPS) is 24.6. The fourth-order valence-electron chi connectivity index (χ4n) is 2.86. The van der Waals surface area contributed by atoms with Gasteiger partial charge in [0.05, 0.1) is 6.54 Å². The molecule has 0 radical (unpaired) electrons. The van der Waals surface area contributed by atoms with Crippen molar-refractivity contribution >= 4 is 5.97 Å². The van der Waals surface area contributed by atoms with Crippen molar-refractivity contribution in [1.82, 2.24) is 4.90 Å². The number of hydrogen-bond donors (Lipinski definition) is 1. The minimum Gasteiger partial charge on any atom is -0.480 e. The lowest BCUT2D eigenvalue weighted by molar-refractivity contribution is -0.139. The van der Waals surface area contributed by atoms with Crippen molar-refractivity contribution in [2.45, 2.75) is 65.3 Å². The Labute approximate surface area is 105 Å². The van der Waals surface area contributed by atoms with Gasteiger partial charge in [-0.3, -0.25) is 9.69 Å². The summed E-state index contributed by atoms with van der Waals surface area (Å²) in [4.78, 5) is 13.1. The molecule has 1 aliphatic rings. The van der Waals surface area contributed by atoms with Crippen LogP contribution in [0, 0.1) is 5.41 Å². The molecule has 1 rings (SSSR count). The fraction of sp³-hybridized carbons (Fsp3) is 0.929. The number of carboxylic acids is 1. The lowest BCUT2D eigenvalue weighted by Crippen LogP contribution is -2.39. The van der Waals surface area contributed by atoms with Gasteiger partial charge in [-0.2, -0.15) is 0 Å². The number of rotatable bonds is 5. The fourth-order valence-corrected chi connectivity index (χ4v) is 2.86. The van der Waals surface area contributed by atoms with Crippen LogP contribution in [0.25, 0.3) is 0 Å². The quantitative estimate of drug-likeness (QED) is 0.752. The van der Waals surface area contributed by atoms with E-state index in [0.29, 0.717) is 11.5 Å². The highest BCUT2D eigenvalue weighted by Gasteiger charge is 2.27. The minimum absolute atomic E-state index is 0.207. The average molecular weight is 241 g/mol. The van der Waals surface area contributed by atoms with Crippen molar-refractivity contribution in [2.75, 3.05) is 13.1 Å².